The molecule has 2 heterocycles. The number of amides is 3. The van der Waals surface area contributed by atoms with E-state index in [1.807, 2.05) is 13.8 Å². The Morgan fingerprint density at radius 1 is 1.14 bits per heavy atom. The van der Waals surface area contributed by atoms with Crippen molar-refractivity contribution in [2.24, 2.45) is 5.92 Å². The first kappa shape index (κ1) is 17.2. The van der Waals surface area contributed by atoms with Gasteiger partial charge in [-0.15, -0.1) is 0 Å². The van der Waals surface area contributed by atoms with Gasteiger partial charge in [-0.3, -0.25) is 15.0 Å². The molecule has 2 rings (SSSR count). The minimum atomic E-state index is -0.400. The van der Waals surface area contributed by atoms with Gasteiger partial charge in [0, 0.05) is 13.1 Å². The molecule has 0 bridgehead atoms. The smallest absolute Gasteiger partial charge is 0.321 e. The summed E-state index contributed by atoms with van der Waals surface area (Å²) >= 11 is 0. The highest BCUT2D eigenvalue weighted by Gasteiger charge is 2.28. The summed E-state index contributed by atoms with van der Waals surface area (Å²) in [7, 11) is 0. The van der Waals surface area contributed by atoms with Crippen LogP contribution in [0.4, 0.5) is 4.79 Å². The standard InChI is InChI=1S/C16H30N4O2/c1-3-17-16(22)18-15(21)13(2)20-10-6-14(7-11-20)12-19-8-4-5-9-19/h13-14H,3-12H2,1-2H3,(H2,17,18,21,22)/t13-/m0/s1. The van der Waals surface area contributed by atoms with E-state index in [1.54, 1.807) is 0 Å². The van der Waals surface area contributed by atoms with Crippen LogP contribution in [-0.4, -0.2) is 67.0 Å². The lowest BCUT2D eigenvalue weighted by atomic mass is 9.95. The first-order chi connectivity index (χ1) is 10.6. The first-order valence-electron chi connectivity index (χ1n) is 8.65. The molecular weight excluding hydrogens is 280 g/mol. The monoisotopic (exact) mass is 310 g/mol. The Morgan fingerprint density at radius 2 is 1.77 bits per heavy atom. The Morgan fingerprint density at radius 3 is 2.36 bits per heavy atom. The van der Waals surface area contributed by atoms with Crippen molar-refractivity contribution >= 4 is 11.9 Å². The number of piperidine rings is 1. The van der Waals surface area contributed by atoms with Crippen molar-refractivity contribution in [3.63, 3.8) is 0 Å². The zero-order chi connectivity index (χ0) is 15.9. The van der Waals surface area contributed by atoms with Gasteiger partial charge in [0.15, 0.2) is 0 Å². The number of rotatable bonds is 5. The molecule has 2 N–H and O–H groups in total. The van der Waals surface area contributed by atoms with Crippen molar-refractivity contribution in [1.82, 2.24) is 20.4 Å². The second-order valence-corrected chi connectivity index (χ2v) is 6.51. The highest BCUT2D eigenvalue weighted by molar-refractivity contribution is 5.96. The minimum Gasteiger partial charge on any atom is -0.338 e. The molecule has 126 valence electrons. The van der Waals surface area contributed by atoms with Gasteiger partial charge in [-0.05, 0) is 71.6 Å². The number of likely N-dealkylation sites (tertiary alicyclic amines) is 2. The zero-order valence-corrected chi connectivity index (χ0v) is 13.9. The lowest BCUT2D eigenvalue weighted by Crippen LogP contribution is -2.52. The van der Waals surface area contributed by atoms with Crippen LogP contribution in [0.2, 0.25) is 0 Å². The van der Waals surface area contributed by atoms with E-state index in [-0.39, 0.29) is 11.9 Å². The van der Waals surface area contributed by atoms with Gasteiger partial charge >= 0.3 is 6.03 Å². The van der Waals surface area contributed by atoms with Crippen molar-refractivity contribution < 1.29 is 9.59 Å². The number of nitrogens with zero attached hydrogens (tertiary/aromatic N) is 2. The van der Waals surface area contributed by atoms with Gasteiger partial charge in [-0.25, -0.2) is 4.79 Å². The third-order valence-electron chi connectivity index (χ3n) is 4.87. The molecule has 0 radical (unpaired) electrons. The Balaban J connectivity index is 1.70. The fourth-order valence-electron chi connectivity index (χ4n) is 3.44. The molecule has 2 aliphatic heterocycles. The number of hydrogen-bond acceptors (Lipinski definition) is 4. The van der Waals surface area contributed by atoms with Crippen LogP contribution in [0.25, 0.3) is 0 Å². The third kappa shape index (κ3) is 4.95. The van der Waals surface area contributed by atoms with Crippen LogP contribution < -0.4 is 10.6 Å². The summed E-state index contributed by atoms with van der Waals surface area (Å²) in [6, 6.07) is -0.640. The molecule has 22 heavy (non-hydrogen) atoms. The first-order valence-corrected chi connectivity index (χ1v) is 8.65. The van der Waals surface area contributed by atoms with Gasteiger partial charge in [0.2, 0.25) is 5.91 Å². The number of hydrogen-bond donors (Lipinski definition) is 2. The van der Waals surface area contributed by atoms with Crippen LogP contribution in [0.1, 0.15) is 39.5 Å². The molecule has 1 atom stereocenters. The molecule has 2 fully saturated rings. The average Bonchev–Trinajstić information content (AvgIpc) is 3.00. The van der Waals surface area contributed by atoms with E-state index in [4.69, 9.17) is 0 Å². The van der Waals surface area contributed by atoms with Crippen LogP contribution in [0.15, 0.2) is 0 Å². The molecule has 6 nitrogen and oxygen atoms in total. The average molecular weight is 310 g/mol. The van der Waals surface area contributed by atoms with Gasteiger partial charge in [0.1, 0.15) is 0 Å². The van der Waals surface area contributed by atoms with E-state index < -0.39 is 6.03 Å². The van der Waals surface area contributed by atoms with Crippen molar-refractivity contribution in [2.45, 2.75) is 45.6 Å². The van der Waals surface area contributed by atoms with Gasteiger partial charge in [0.05, 0.1) is 6.04 Å². The molecule has 0 aromatic heterocycles. The summed E-state index contributed by atoms with van der Waals surface area (Å²) in [5.74, 6) is 0.553. The molecule has 2 aliphatic rings. The summed E-state index contributed by atoms with van der Waals surface area (Å²) in [4.78, 5) is 28.2. The summed E-state index contributed by atoms with van der Waals surface area (Å²) in [5, 5.41) is 5.00. The summed E-state index contributed by atoms with van der Waals surface area (Å²) in [6.45, 7) is 9.86. The highest BCUT2D eigenvalue weighted by atomic mass is 16.2. The van der Waals surface area contributed by atoms with Crippen molar-refractivity contribution in [3.05, 3.63) is 0 Å². The second kappa shape index (κ2) is 8.48. The Labute approximate surface area is 133 Å². The van der Waals surface area contributed by atoms with Gasteiger partial charge in [0.25, 0.3) is 0 Å². The normalized spacial score (nSPS) is 22.5. The number of carbonyl (C=O) groups excluding carboxylic acids is 2. The maximum atomic E-state index is 12.1. The van der Waals surface area contributed by atoms with Gasteiger partial charge < -0.3 is 10.2 Å². The minimum absolute atomic E-state index is 0.205. The van der Waals surface area contributed by atoms with Gasteiger partial charge in [-0.1, -0.05) is 0 Å². The predicted molar refractivity (Wildman–Crippen MR) is 86.6 cm³/mol. The highest BCUT2D eigenvalue weighted by Crippen LogP contribution is 2.21. The maximum Gasteiger partial charge on any atom is 0.321 e. The third-order valence-corrected chi connectivity index (χ3v) is 4.87. The van der Waals surface area contributed by atoms with E-state index in [2.05, 4.69) is 20.4 Å². The van der Waals surface area contributed by atoms with E-state index in [1.165, 1.54) is 32.5 Å². The van der Waals surface area contributed by atoms with E-state index in [0.717, 1.165) is 31.8 Å². The van der Waals surface area contributed by atoms with E-state index in [9.17, 15) is 9.59 Å². The molecule has 6 heteroatoms. The summed E-state index contributed by atoms with van der Waals surface area (Å²) < 4.78 is 0. The van der Waals surface area contributed by atoms with Crippen molar-refractivity contribution in [1.29, 1.82) is 0 Å². The van der Waals surface area contributed by atoms with Crippen LogP contribution >= 0.6 is 0 Å². The number of carbonyl (C=O) groups is 2. The molecule has 3 amide bonds. The zero-order valence-electron chi connectivity index (χ0n) is 13.9. The topological polar surface area (TPSA) is 64.7 Å². The fraction of sp³-hybridized carbons (Fsp3) is 0.875. The molecule has 0 aliphatic carbocycles. The Bertz CT molecular complexity index is 374. The van der Waals surface area contributed by atoms with Crippen LogP contribution in [0.5, 0.6) is 0 Å². The van der Waals surface area contributed by atoms with E-state index in [0.29, 0.717) is 6.54 Å². The molecule has 0 aromatic carbocycles. The van der Waals surface area contributed by atoms with Crippen LogP contribution in [-0.2, 0) is 4.79 Å². The quantitative estimate of drug-likeness (QED) is 0.796. The maximum absolute atomic E-state index is 12.1. The van der Waals surface area contributed by atoms with Crippen molar-refractivity contribution in [3.8, 4) is 0 Å². The lowest BCUT2D eigenvalue weighted by molar-refractivity contribution is -0.125. The summed E-state index contributed by atoms with van der Waals surface area (Å²) in [5.41, 5.74) is 0. The Kier molecular flexibility index (Phi) is 6.64. The number of urea groups is 1. The predicted octanol–water partition coefficient (Wildman–Crippen LogP) is 1.03. The molecular formula is C16H30N4O2. The number of nitrogens with one attached hydrogen (secondary N) is 2. The largest absolute Gasteiger partial charge is 0.338 e. The Hall–Kier alpha value is -1.14. The SMILES string of the molecule is CCNC(=O)NC(=O)[C@H](C)N1CCC(CN2CCCC2)CC1. The second-order valence-electron chi connectivity index (χ2n) is 6.51. The van der Waals surface area contributed by atoms with E-state index >= 15 is 0 Å². The lowest BCUT2D eigenvalue weighted by Gasteiger charge is -2.36. The molecule has 0 aromatic rings. The van der Waals surface area contributed by atoms with Crippen LogP contribution in [0, 0.1) is 5.92 Å². The fourth-order valence-corrected chi connectivity index (χ4v) is 3.44. The van der Waals surface area contributed by atoms with Gasteiger partial charge in [-0.2, -0.15) is 0 Å². The van der Waals surface area contributed by atoms with Crippen LogP contribution in [0.3, 0.4) is 0 Å². The molecule has 0 spiro atoms. The molecule has 0 unspecified atom stereocenters. The van der Waals surface area contributed by atoms with Crippen molar-refractivity contribution in [2.75, 3.05) is 39.3 Å². The molecule has 0 saturated carbocycles. The summed E-state index contributed by atoms with van der Waals surface area (Å²) in [6.07, 6.45) is 4.98. The molecule has 2 saturated heterocycles. The number of imide groups is 1.